The van der Waals surface area contributed by atoms with Crippen LogP contribution in [0.2, 0.25) is 0 Å². The standard InChI is InChI=1S/C26H30N2O6/c29-23(25(31)32)14-27-24(30)17-11-9-16(10-12-17)13-28-26(33)34-15-22-20-7-3-1-5-18(20)19-6-2-4-8-21(19)22/h1-8,16-17,22-23,29H,9-15H2,(H,27,30)(H,28,33)(H,31,32)/t16?,17?,23-/m0/s1. The monoisotopic (exact) mass is 466 g/mol. The second kappa shape index (κ2) is 10.7. The van der Waals surface area contributed by atoms with Gasteiger partial charge in [-0.15, -0.1) is 0 Å². The van der Waals surface area contributed by atoms with Crippen LogP contribution in [0.3, 0.4) is 0 Å². The number of benzene rings is 2. The third kappa shape index (κ3) is 5.39. The van der Waals surface area contributed by atoms with Gasteiger partial charge in [-0.1, -0.05) is 48.5 Å². The van der Waals surface area contributed by atoms with Crippen LogP contribution < -0.4 is 10.6 Å². The van der Waals surface area contributed by atoms with Crippen LogP contribution in [0.5, 0.6) is 0 Å². The molecule has 0 aliphatic heterocycles. The number of fused-ring (bicyclic) bond motifs is 3. The SMILES string of the molecule is O=C(NCC1CCC(C(=O)NC[C@H](O)C(=O)O)CC1)OCC1c2ccccc2-c2ccccc21. The van der Waals surface area contributed by atoms with Crippen LogP contribution in [0.25, 0.3) is 11.1 Å². The van der Waals surface area contributed by atoms with Gasteiger partial charge in [0.05, 0.1) is 6.54 Å². The lowest BCUT2D eigenvalue weighted by Crippen LogP contribution is -2.41. The summed E-state index contributed by atoms with van der Waals surface area (Å²) in [6.07, 6.45) is 0.843. The number of rotatable bonds is 8. The minimum atomic E-state index is -1.60. The quantitative estimate of drug-likeness (QED) is 0.474. The molecular formula is C26H30N2O6. The van der Waals surface area contributed by atoms with Crippen LogP contribution in [-0.2, 0) is 14.3 Å². The van der Waals surface area contributed by atoms with Gasteiger partial charge >= 0.3 is 12.1 Å². The van der Waals surface area contributed by atoms with Crippen molar-refractivity contribution in [3.05, 3.63) is 59.7 Å². The maximum atomic E-state index is 12.4. The Balaban J connectivity index is 1.19. The lowest BCUT2D eigenvalue weighted by atomic mass is 9.81. The van der Waals surface area contributed by atoms with Gasteiger partial charge in [-0.2, -0.15) is 0 Å². The van der Waals surface area contributed by atoms with E-state index in [4.69, 9.17) is 9.84 Å². The summed E-state index contributed by atoms with van der Waals surface area (Å²) in [5, 5.41) is 23.3. The summed E-state index contributed by atoms with van der Waals surface area (Å²) in [4.78, 5) is 35.2. The van der Waals surface area contributed by atoms with Gasteiger partial charge in [-0.25, -0.2) is 9.59 Å². The van der Waals surface area contributed by atoms with Crippen molar-refractivity contribution >= 4 is 18.0 Å². The number of ether oxygens (including phenoxy) is 1. The van der Waals surface area contributed by atoms with Crippen molar-refractivity contribution in [1.82, 2.24) is 10.6 Å². The molecule has 2 aromatic rings. The minimum absolute atomic E-state index is 0.0201. The fourth-order valence-electron chi connectivity index (χ4n) is 4.93. The number of carboxylic acid groups (broad SMARTS) is 1. The molecule has 0 radical (unpaired) electrons. The topological polar surface area (TPSA) is 125 Å². The van der Waals surface area contributed by atoms with Gasteiger partial charge in [-0.3, -0.25) is 4.79 Å². The van der Waals surface area contributed by atoms with Gasteiger partial charge in [0.1, 0.15) is 6.61 Å². The first-order valence-electron chi connectivity index (χ1n) is 11.7. The van der Waals surface area contributed by atoms with E-state index in [2.05, 4.69) is 34.9 Å². The number of carbonyl (C=O) groups is 3. The molecule has 180 valence electrons. The number of carboxylic acids is 1. The zero-order valence-electron chi connectivity index (χ0n) is 18.9. The molecule has 0 spiro atoms. The zero-order chi connectivity index (χ0) is 24.1. The summed E-state index contributed by atoms with van der Waals surface area (Å²) in [6.45, 7) is 0.467. The molecule has 1 fully saturated rings. The van der Waals surface area contributed by atoms with Crippen molar-refractivity contribution in [1.29, 1.82) is 0 Å². The molecule has 2 aromatic carbocycles. The van der Waals surface area contributed by atoms with E-state index in [0.29, 0.717) is 19.4 Å². The Bertz CT molecular complexity index is 1000. The highest BCUT2D eigenvalue weighted by Gasteiger charge is 2.30. The molecule has 8 nitrogen and oxygen atoms in total. The normalized spacial score (nSPS) is 20.0. The maximum absolute atomic E-state index is 12.4. The summed E-state index contributed by atoms with van der Waals surface area (Å²) in [7, 11) is 0. The Morgan fingerprint density at radius 3 is 2.09 bits per heavy atom. The van der Waals surface area contributed by atoms with Gasteiger partial charge in [-0.05, 0) is 53.9 Å². The van der Waals surface area contributed by atoms with E-state index >= 15 is 0 Å². The molecule has 2 amide bonds. The predicted molar refractivity (Wildman–Crippen MR) is 125 cm³/mol. The third-order valence-corrected chi connectivity index (χ3v) is 6.85. The lowest BCUT2D eigenvalue weighted by Gasteiger charge is -2.28. The van der Waals surface area contributed by atoms with Gasteiger partial charge < -0.3 is 25.6 Å². The van der Waals surface area contributed by atoms with Crippen LogP contribution in [0, 0.1) is 11.8 Å². The Labute approximate surface area is 198 Å². The van der Waals surface area contributed by atoms with Crippen molar-refractivity contribution in [3.8, 4) is 11.1 Å². The van der Waals surface area contributed by atoms with E-state index in [-0.39, 0.29) is 36.8 Å². The number of alkyl carbamates (subject to hydrolysis) is 1. The molecular weight excluding hydrogens is 436 g/mol. The average Bonchev–Trinajstić information content (AvgIpc) is 3.18. The number of amides is 2. The minimum Gasteiger partial charge on any atom is -0.479 e. The number of aliphatic hydroxyl groups excluding tert-OH is 1. The van der Waals surface area contributed by atoms with E-state index in [1.54, 1.807) is 0 Å². The van der Waals surface area contributed by atoms with E-state index in [1.165, 1.54) is 22.3 Å². The highest BCUT2D eigenvalue weighted by Crippen LogP contribution is 2.44. The van der Waals surface area contributed by atoms with Crippen molar-refractivity contribution in [2.45, 2.75) is 37.7 Å². The molecule has 0 bridgehead atoms. The van der Waals surface area contributed by atoms with Crippen molar-refractivity contribution in [2.75, 3.05) is 19.7 Å². The number of hydrogen-bond donors (Lipinski definition) is 4. The van der Waals surface area contributed by atoms with Gasteiger partial charge in [0.15, 0.2) is 6.10 Å². The largest absolute Gasteiger partial charge is 0.479 e. The fourth-order valence-corrected chi connectivity index (χ4v) is 4.93. The van der Waals surface area contributed by atoms with Crippen LogP contribution >= 0.6 is 0 Å². The van der Waals surface area contributed by atoms with Crippen molar-refractivity contribution < 1.29 is 29.3 Å². The molecule has 34 heavy (non-hydrogen) atoms. The summed E-state index contributed by atoms with van der Waals surface area (Å²) in [5.41, 5.74) is 4.71. The van der Waals surface area contributed by atoms with Gasteiger partial charge in [0.25, 0.3) is 0 Å². The maximum Gasteiger partial charge on any atom is 0.407 e. The van der Waals surface area contributed by atoms with Crippen LogP contribution in [0.4, 0.5) is 4.79 Å². The number of nitrogens with one attached hydrogen (secondary N) is 2. The second-order valence-electron chi connectivity index (χ2n) is 9.02. The van der Waals surface area contributed by atoms with E-state index < -0.39 is 18.2 Å². The smallest absolute Gasteiger partial charge is 0.407 e. The highest BCUT2D eigenvalue weighted by molar-refractivity contribution is 5.80. The Kier molecular flexibility index (Phi) is 7.47. The molecule has 2 aliphatic carbocycles. The Morgan fingerprint density at radius 2 is 1.50 bits per heavy atom. The fraction of sp³-hybridized carbons (Fsp3) is 0.423. The number of aliphatic hydroxyl groups is 1. The Hall–Kier alpha value is -3.39. The van der Waals surface area contributed by atoms with Crippen LogP contribution in [0.1, 0.15) is 42.7 Å². The zero-order valence-corrected chi connectivity index (χ0v) is 18.9. The second-order valence-corrected chi connectivity index (χ2v) is 9.02. The molecule has 0 heterocycles. The van der Waals surface area contributed by atoms with Crippen LogP contribution in [0.15, 0.2) is 48.5 Å². The molecule has 1 atom stereocenters. The van der Waals surface area contributed by atoms with E-state index in [0.717, 1.165) is 12.8 Å². The molecule has 4 rings (SSSR count). The molecule has 8 heteroatoms. The number of aliphatic carboxylic acids is 1. The van der Waals surface area contributed by atoms with Crippen LogP contribution in [-0.4, -0.2) is 54.0 Å². The van der Waals surface area contributed by atoms with Gasteiger partial charge in [0, 0.05) is 18.4 Å². The summed E-state index contributed by atoms with van der Waals surface area (Å²) < 4.78 is 5.58. The van der Waals surface area contributed by atoms with Crippen molar-refractivity contribution in [3.63, 3.8) is 0 Å². The summed E-state index contributed by atoms with van der Waals surface area (Å²) in [6, 6.07) is 16.4. The van der Waals surface area contributed by atoms with Gasteiger partial charge in [0.2, 0.25) is 5.91 Å². The third-order valence-electron chi connectivity index (χ3n) is 6.85. The van der Waals surface area contributed by atoms with E-state index in [9.17, 15) is 19.5 Å². The average molecular weight is 467 g/mol. The molecule has 1 saturated carbocycles. The molecule has 0 unspecified atom stereocenters. The first kappa shape index (κ1) is 23.8. The molecule has 0 aromatic heterocycles. The first-order valence-corrected chi connectivity index (χ1v) is 11.7. The highest BCUT2D eigenvalue weighted by atomic mass is 16.5. The van der Waals surface area contributed by atoms with Crippen molar-refractivity contribution in [2.24, 2.45) is 11.8 Å². The molecule has 4 N–H and O–H groups in total. The lowest BCUT2D eigenvalue weighted by molar-refractivity contribution is -0.146. The molecule has 0 saturated heterocycles. The summed E-state index contributed by atoms with van der Waals surface area (Å²) in [5.74, 6) is -1.51. The predicted octanol–water partition coefficient (Wildman–Crippen LogP) is 2.89. The van der Waals surface area contributed by atoms with E-state index in [1.807, 2.05) is 24.3 Å². The number of carbonyl (C=O) groups excluding carboxylic acids is 2. The molecule has 2 aliphatic rings. The first-order chi connectivity index (χ1) is 16.4. The number of hydrogen-bond acceptors (Lipinski definition) is 5. The Morgan fingerprint density at radius 1 is 0.912 bits per heavy atom. The summed E-state index contributed by atoms with van der Waals surface area (Å²) >= 11 is 0.